The fourth-order valence-corrected chi connectivity index (χ4v) is 3.66. The number of anilines is 3. The van der Waals surface area contributed by atoms with E-state index in [4.69, 9.17) is 18.9 Å². The molecule has 1 aliphatic heterocycles. The van der Waals surface area contributed by atoms with Crippen LogP contribution in [-0.2, 0) is 19.1 Å². The first-order valence-electron chi connectivity index (χ1n) is 10.8. The molecule has 0 bridgehead atoms. The molecule has 0 radical (unpaired) electrons. The first-order chi connectivity index (χ1) is 16.7. The Balaban J connectivity index is 1.92. The van der Waals surface area contributed by atoms with Gasteiger partial charge in [-0.25, -0.2) is 0 Å². The molecule has 186 valence electrons. The number of fused-ring (bicyclic) bond motifs is 1. The van der Waals surface area contributed by atoms with Crippen molar-refractivity contribution in [2.24, 2.45) is 0 Å². The van der Waals surface area contributed by atoms with Crippen molar-refractivity contribution in [3.8, 4) is 17.2 Å². The Bertz CT molecular complexity index is 1160. The van der Waals surface area contributed by atoms with Gasteiger partial charge < -0.3 is 29.6 Å². The number of aryl methyl sites for hydroxylation is 2. The van der Waals surface area contributed by atoms with E-state index in [-0.39, 0.29) is 13.0 Å². The molecular weight excluding hydrogens is 454 g/mol. The minimum absolute atomic E-state index is 0.111. The molecule has 10 nitrogen and oxygen atoms in total. The number of esters is 1. The van der Waals surface area contributed by atoms with Crippen molar-refractivity contribution >= 4 is 34.8 Å². The molecule has 2 aromatic rings. The van der Waals surface area contributed by atoms with Gasteiger partial charge in [0, 0.05) is 29.6 Å². The van der Waals surface area contributed by atoms with Crippen LogP contribution in [0.3, 0.4) is 0 Å². The molecule has 0 unspecified atom stereocenters. The highest BCUT2D eigenvalue weighted by Crippen LogP contribution is 2.40. The lowest BCUT2D eigenvalue weighted by molar-refractivity contribution is -0.139. The maximum atomic E-state index is 13.1. The summed E-state index contributed by atoms with van der Waals surface area (Å²) in [5, 5.41) is 5.91. The Hall–Kier alpha value is -4.21. The summed E-state index contributed by atoms with van der Waals surface area (Å²) in [7, 11) is 5.72. The standard InChI is InChI=1S/C25H29N3O7/c1-14-7-18-19(8-15(14)2)28(23(30)11-17(26-18)12-24(31)34-5)13-22(29)27-16-9-20(32-3)25(35-6)21(10-16)33-4/h7-11,26H,12-13H2,1-6H3,(H,27,29). The summed E-state index contributed by atoms with van der Waals surface area (Å²) in [6.07, 6.45) is 1.19. The predicted octanol–water partition coefficient (Wildman–Crippen LogP) is 3.17. The SMILES string of the molecule is COC(=O)CC1=CC(=O)N(CC(=O)Nc2cc(OC)c(OC)c(OC)c2)c2cc(C)c(C)cc2N1. The van der Waals surface area contributed by atoms with E-state index >= 15 is 0 Å². The lowest BCUT2D eigenvalue weighted by Crippen LogP contribution is -2.37. The first-order valence-corrected chi connectivity index (χ1v) is 10.8. The van der Waals surface area contributed by atoms with Crippen LogP contribution in [0.5, 0.6) is 17.2 Å². The van der Waals surface area contributed by atoms with Gasteiger partial charge >= 0.3 is 5.97 Å². The third-order valence-electron chi connectivity index (χ3n) is 5.57. The van der Waals surface area contributed by atoms with Gasteiger partial charge in [-0.05, 0) is 37.1 Å². The summed E-state index contributed by atoms with van der Waals surface area (Å²) < 4.78 is 20.7. The quantitative estimate of drug-likeness (QED) is 0.550. The molecule has 35 heavy (non-hydrogen) atoms. The van der Waals surface area contributed by atoms with Crippen molar-refractivity contribution in [3.63, 3.8) is 0 Å². The van der Waals surface area contributed by atoms with E-state index in [1.54, 1.807) is 12.1 Å². The Morgan fingerprint density at radius 3 is 2.14 bits per heavy atom. The summed E-state index contributed by atoms with van der Waals surface area (Å²) in [6.45, 7) is 3.59. The number of amides is 2. The zero-order chi connectivity index (χ0) is 25.7. The summed E-state index contributed by atoms with van der Waals surface area (Å²) in [5.41, 5.74) is 3.85. The highest BCUT2D eigenvalue weighted by molar-refractivity contribution is 6.10. The minimum atomic E-state index is -0.490. The zero-order valence-electron chi connectivity index (χ0n) is 20.6. The van der Waals surface area contributed by atoms with Gasteiger partial charge in [-0.15, -0.1) is 0 Å². The van der Waals surface area contributed by atoms with E-state index in [1.807, 2.05) is 26.0 Å². The lowest BCUT2D eigenvalue weighted by Gasteiger charge is -2.23. The van der Waals surface area contributed by atoms with E-state index in [9.17, 15) is 14.4 Å². The van der Waals surface area contributed by atoms with Crippen LogP contribution in [0.25, 0.3) is 0 Å². The lowest BCUT2D eigenvalue weighted by atomic mass is 10.1. The van der Waals surface area contributed by atoms with Crippen molar-refractivity contribution in [2.45, 2.75) is 20.3 Å². The van der Waals surface area contributed by atoms with Crippen LogP contribution >= 0.6 is 0 Å². The van der Waals surface area contributed by atoms with Crippen LogP contribution in [-0.4, -0.2) is 52.8 Å². The first kappa shape index (κ1) is 25.4. The van der Waals surface area contributed by atoms with Gasteiger partial charge in [0.05, 0.1) is 46.2 Å². The average molecular weight is 484 g/mol. The molecule has 0 atom stereocenters. The molecule has 10 heteroatoms. The minimum Gasteiger partial charge on any atom is -0.493 e. The van der Waals surface area contributed by atoms with Crippen molar-refractivity contribution in [1.82, 2.24) is 0 Å². The van der Waals surface area contributed by atoms with Gasteiger partial charge in [0.1, 0.15) is 6.54 Å². The molecule has 0 aliphatic carbocycles. The second-order valence-electron chi connectivity index (χ2n) is 7.89. The number of rotatable bonds is 8. The van der Waals surface area contributed by atoms with Gasteiger partial charge in [-0.2, -0.15) is 0 Å². The number of carbonyl (C=O) groups excluding carboxylic acids is 3. The Kier molecular flexibility index (Phi) is 7.85. The van der Waals surface area contributed by atoms with E-state index in [0.29, 0.717) is 40.0 Å². The molecule has 2 amide bonds. The second-order valence-corrected chi connectivity index (χ2v) is 7.89. The van der Waals surface area contributed by atoms with Crippen molar-refractivity contribution in [2.75, 3.05) is 50.5 Å². The Morgan fingerprint density at radius 1 is 0.943 bits per heavy atom. The predicted molar refractivity (Wildman–Crippen MR) is 131 cm³/mol. The maximum Gasteiger partial charge on any atom is 0.311 e. The largest absolute Gasteiger partial charge is 0.493 e. The molecule has 0 aromatic heterocycles. The maximum absolute atomic E-state index is 13.1. The normalized spacial score (nSPS) is 12.6. The molecule has 1 aliphatic rings. The number of nitrogens with one attached hydrogen (secondary N) is 2. The highest BCUT2D eigenvalue weighted by atomic mass is 16.5. The fourth-order valence-electron chi connectivity index (χ4n) is 3.66. The van der Waals surface area contributed by atoms with Gasteiger partial charge in [-0.1, -0.05) is 0 Å². The van der Waals surface area contributed by atoms with E-state index < -0.39 is 17.8 Å². The topological polar surface area (TPSA) is 115 Å². The van der Waals surface area contributed by atoms with E-state index in [0.717, 1.165) is 11.1 Å². The Labute approximate surface area is 203 Å². The monoisotopic (exact) mass is 483 g/mol. The number of hydrogen-bond donors (Lipinski definition) is 2. The number of carbonyl (C=O) groups is 3. The van der Waals surface area contributed by atoms with Gasteiger partial charge in [0.15, 0.2) is 11.5 Å². The summed E-state index contributed by atoms with van der Waals surface area (Å²) in [5.74, 6) is -0.228. The van der Waals surface area contributed by atoms with Crippen LogP contribution in [0.4, 0.5) is 17.1 Å². The molecule has 0 saturated carbocycles. The molecule has 0 fully saturated rings. The number of methoxy groups -OCH3 is 4. The van der Waals surface area contributed by atoms with Gasteiger partial charge in [0.25, 0.3) is 5.91 Å². The highest BCUT2D eigenvalue weighted by Gasteiger charge is 2.26. The fraction of sp³-hybridized carbons (Fsp3) is 0.320. The molecular formula is C25H29N3O7. The Morgan fingerprint density at radius 2 is 1.57 bits per heavy atom. The molecule has 0 saturated heterocycles. The molecule has 0 spiro atoms. The summed E-state index contributed by atoms with van der Waals surface area (Å²) in [4.78, 5) is 39.3. The molecule has 2 N–H and O–H groups in total. The summed E-state index contributed by atoms with van der Waals surface area (Å²) >= 11 is 0. The van der Waals surface area contributed by atoms with Crippen molar-refractivity contribution < 1.29 is 33.3 Å². The van der Waals surface area contributed by atoms with Crippen molar-refractivity contribution in [3.05, 3.63) is 47.2 Å². The number of hydrogen-bond acceptors (Lipinski definition) is 8. The number of ether oxygens (including phenoxy) is 4. The number of benzene rings is 2. The van der Waals surface area contributed by atoms with E-state index in [1.165, 1.54) is 39.4 Å². The third kappa shape index (κ3) is 5.65. The van der Waals surface area contributed by atoms with Crippen LogP contribution in [0.15, 0.2) is 36.0 Å². The third-order valence-corrected chi connectivity index (χ3v) is 5.57. The number of nitrogens with zero attached hydrogens (tertiary/aromatic N) is 1. The second kappa shape index (κ2) is 10.8. The van der Waals surface area contributed by atoms with Gasteiger partial charge in [-0.3, -0.25) is 19.3 Å². The molecule has 2 aromatic carbocycles. The van der Waals surface area contributed by atoms with Crippen LogP contribution in [0.1, 0.15) is 17.5 Å². The van der Waals surface area contributed by atoms with Crippen LogP contribution < -0.4 is 29.7 Å². The van der Waals surface area contributed by atoms with Crippen LogP contribution in [0.2, 0.25) is 0 Å². The molecule has 1 heterocycles. The molecule has 3 rings (SSSR count). The van der Waals surface area contributed by atoms with Crippen LogP contribution in [0, 0.1) is 13.8 Å². The van der Waals surface area contributed by atoms with Gasteiger partial charge in [0.2, 0.25) is 11.7 Å². The smallest absolute Gasteiger partial charge is 0.311 e. The average Bonchev–Trinajstić information content (AvgIpc) is 2.94. The van der Waals surface area contributed by atoms with Crippen molar-refractivity contribution in [1.29, 1.82) is 0 Å². The zero-order valence-corrected chi connectivity index (χ0v) is 20.6. The van der Waals surface area contributed by atoms with E-state index in [2.05, 4.69) is 10.6 Å². The summed E-state index contributed by atoms with van der Waals surface area (Å²) in [6, 6.07) is 6.90.